The van der Waals surface area contributed by atoms with E-state index in [1.165, 1.54) is 6.07 Å². The molecule has 2 aromatic rings. The van der Waals surface area contributed by atoms with E-state index in [9.17, 15) is 13.9 Å². The summed E-state index contributed by atoms with van der Waals surface area (Å²) in [6.45, 7) is 0. The Morgan fingerprint density at radius 2 is 1.63 bits per heavy atom. The van der Waals surface area contributed by atoms with E-state index in [-0.39, 0.29) is 10.6 Å². The average molecular weight is 368 g/mol. The molecule has 0 fully saturated rings. The highest BCUT2D eigenvalue weighted by Gasteiger charge is 2.18. The summed E-state index contributed by atoms with van der Waals surface area (Å²) in [5, 5.41) is 10.5. The third-order valence-corrected chi connectivity index (χ3v) is 3.54. The van der Waals surface area contributed by atoms with Crippen molar-refractivity contribution in [3.63, 3.8) is 0 Å². The summed E-state index contributed by atoms with van der Waals surface area (Å²) in [5.74, 6) is -2.13. The number of halogens is 5. The molecule has 2 rings (SSSR count). The predicted molar refractivity (Wildman–Crippen MR) is 74.6 cm³/mol. The van der Waals surface area contributed by atoms with Crippen molar-refractivity contribution in [2.24, 2.45) is 0 Å². The SMILES string of the molecule is OC(c1cc(Cl)cc(Br)c1)c1cc(F)c(F)cc1Cl. The summed E-state index contributed by atoms with van der Waals surface area (Å²) in [6, 6.07) is 6.49. The first-order valence-corrected chi connectivity index (χ1v) is 6.72. The molecule has 0 bridgehead atoms. The van der Waals surface area contributed by atoms with Gasteiger partial charge < -0.3 is 5.11 Å². The Bertz CT molecular complexity index is 614. The molecule has 2 aromatic carbocycles. The fraction of sp³-hybridized carbons (Fsp3) is 0.0769. The minimum absolute atomic E-state index is 0.0532. The van der Waals surface area contributed by atoms with E-state index in [0.717, 1.165) is 12.1 Å². The third kappa shape index (κ3) is 3.26. The Morgan fingerprint density at radius 3 is 2.26 bits per heavy atom. The summed E-state index contributed by atoms with van der Waals surface area (Å²) >= 11 is 14.9. The molecule has 1 atom stereocenters. The van der Waals surface area contributed by atoms with Gasteiger partial charge in [-0.25, -0.2) is 8.78 Å². The summed E-state index contributed by atoms with van der Waals surface area (Å²) in [7, 11) is 0. The molecule has 0 aromatic heterocycles. The van der Waals surface area contributed by atoms with Gasteiger partial charge in [0.2, 0.25) is 0 Å². The quantitative estimate of drug-likeness (QED) is 0.730. The number of hydrogen-bond donors (Lipinski definition) is 1. The molecule has 0 spiro atoms. The standard InChI is InChI=1S/C13H7BrCl2F2O/c14-7-1-6(2-8(15)3-7)13(19)9-4-11(17)12(18)5-10(9)16/h1-5,13,19H. The molecule has 0 saturated heterocycles. The summed E-state index contributed by atoms with van der Waals surface area (Å²) in [5.41, 5.74) is 0.502. The topological polar surface area (TPSA) is 20.2 Å². The molecule has 0 aliphatic rings. The molecule has 1 unspecified atom stereocenters. The van der Waals surface area contributed by atoms with E-state index in [1.54, 1.807) is 12.1 Å². The van der Waals surface area contributed by atoms with Crippen LogP contribution in [0, 0.1) is 11.6 Å². The lowest BCUT2D eigenvalue weighted by atomic mass is 10.0. The van der Waals surface area contributed by atoms with Crippen molar-refractivity contribution in [1.82, 2.24) is 0 Å². The zero-order chi connectivity index (χ0) is 14.2. The van der Waals surface area contributed by atoms with Crippen molar-refractivity contribution in [2.75, 3.05) is 0 Å². The van der Waals surface area contributed by atoms with Crippen LogP contribution >= 0.6 is 39.1 Å². The van der Waals surface area contributed by atoms with Crippen molar-refractivity contribution in [2.45, 2.75) is 6.10 Å². The lowest BCUT2D eigenvalue weighted by molar-refractivity contribution is 0.219. The van der Waals surface area contributed by atoms with Crippen LogP contribution < -0.4 is 0 Å². The van der Waals surface area contributed by atoms with Gasteiger partial charge in [0.25, 0.3) is 0 Å². The number of benzene rings is 2. The molecule has 0 amide bonds. The third-order valence-electron chi connectivity index (χ3n) is 2.53. The van der Waals surface area contributed by atoms with Crippen molar-refractivity contribution in [3.8, 4) is 0 Å². The second-order valence-corrected chi connectivity index (χ2v) is 5.65. The highest BCUT2D eigenvalue weighted by atomic mass is 79.9. The monoisotopic (exact) mass is 366 g/mol. The molecule has 0 aliphatic heterocycles. The largest absolute Gasteiger partial charge is 0.384 e. The Morgan fingerprint density at radius 1 is 1.00 bits per heavy atom. The van der Waals surface area contributed by atoms with Gasteiger partial charge in [0, 0.05) is 20.1 Å². The van der Waals surface area contributed by atoms with Crippen LogP contribution in [0.5, 0.6) is 0 Å². The maximum absolute atomic E-state index is 13.2. The second kappa shape index (κ2) is 5.75. The molecule has 0 aliphatic carbocycles. The second-order valence-electron chi connectivity index (χ2n) is 3.89. The van der Waals surface area contributed by atoms with Crippen molar-refractivity contribution in [3.05, 3.63) is 67.6 Å². The summed E-state index contributed by atoms with van der Waals surface area (Å²) < 4.78 is 26.9. The predicted octanol–water partition coefficient (Wildman–Crippen LogP) is 5.12. The molecule has 0 saturated carbocycles. The number of rotatable bonds is 2. The van der Waals surface area contributed by atoms with Gasteiger partial charge in [-0.1, -0.05) is 39.1 Å². The lowest BCUT2D eigenvalue weighted by Gasteiger charge is -2.14. The zero-order valence-electron chi connectivity index (χ0n) is 9.30. The maximum atomic E-state index is 13.2. The van der Waals surface area contributed by atoms with Gasteiger partial charge in [-0.15, -0.1) is 0 Å². The molecule has 0 heterocycles. The van der Waals surface area contributed by atoms with Crippen LogP contribution in [0.15, 0.2) is 34.8 Å². The van der Waals surface area contributed by atoms with Crippen LogP contribution in [0.4, 0.5) is 8.78 Å². The number of aliphatic hydroxyl groups excluding tert-OH is 1. The molecule has 0 radical (unpaired) electrons. The van der Waals surface area contributed by atoms with E-state index >= 15 is 0 Å². The fourth-order valence-electron chi connectivity index (χ4n) is 1.66. The Balaban J connectivity index is 2.49. The smallest absolute Gasteiger partial charge is 0.160 e. The van der Waals surface area contributed by atoms with Gasteiger partial charge in [0.1, 0.15) is 6.10 Å². The van der Waals surface area contributed by atoms with Gasteiger partial charge in [-0.2, -0.15) is 0 Å². The first-order chi connectivity index (χ1) is 8.88. The van der Waals surface area contributed by atoms with Crippen LogP contribution in [0.1, 0.15) is 17.2 Å². The van der Waals surface area contributed by atoms with Crippen LogP contribution in [-0.2, 0) is 0 Å². The van der Waals surface area contributed by atoms with E-state index < -0.39 is 17.7 Å². The van der Waals surface area contributed by atoms with E-state index in [4.69, 9.17) is 23.2 Å². The summed E-state index contributed by atoms with van der Waals surface area (Å²) in [4.78, 5) is 0. The minimum Gasteiger partial charge on any atom is -0.384 e. The van der Waals surface area contributed by atoms with Crippen LogP contribution in [-0.4, -0.2) is 5.11 Å². The molecule has 100 valence electrons. The molecular weight excluding hydrogens is 361 g/mol. The molecular formula is C13H7BrCl2F2O. The lowest BCUT2D eigenvalue weighted by Crippen LogP contribution is -2.02. The normalized spacial score (nSPS) is 12.5. The van der Waals surface area contributed by atoms with Crippen molar-refractivity contribution in [1.29, 1.82) is 0 Å². The van der Waals surface area contributed by atoms with E-state index in [0.29, 0.717) is 15.1 Å². The first-order valence-electron chi connectivity index (χ1n) is 5.17. The van der Waals surface area contributed by atoms with Crippen LogP contribution in [0.3, 0.4) is 0 Å². The van der Waals surface area contributed by atoms with Gasteiger partial charge >= 0.3 is 0 Å². The molecule has 19 heavy (non-hydrogen) atoms. The summed E-state index contributed by atoms with van der Waals surface area (Å²) in [6.07, 6.45) is -1.20. The Kier molecular flexibility index (Phi) is 4.46. The van der Waals surface area contributed by atoms with Gasteiger partial charge in [0.05, 0.1) is 0 Å². The number of hydrogen-bond acceptors (Lipinski definition) is 1. The van der Waals surface area contributed by atoms with Crippen LogP contribution in [0.25, 0.3) is 0 Å². The van der Waals surface area contributed by atoms with E-state index in [2.05, 4.69) is 15.9 Å². The highest BCUT2D eigenvalue weighted by Crippen LogP contribution is 2.32. The maximum Gasteiger partial charge on any atom is 0.160 e. The first kappa shape index (κ1) is 14.7. The van der Waals surface area contributed by atoms with Gasteiger partial charge in [-0.3, -0.25) is 0 Å². The van der Waals surface area contributed by atoms with Gasteiger partial charge in [-0.05, 0) is 35.9 Å². The minimum atomic E-state index is -1.20. The Labute approximate surface area is 126 Å². The highest BCUT2D eigenvalue weighted by molar-refractivity contribution is 9.10. The van der Waals surface area contributed by atoms with Crippen molar-refractivity contribution < 1.29 is 13.9 Å². The van der Waals surface area contributed by atoms with E-state index in [1.807, 2.05) is 0 Å². The molecule has 6 heteroatoms. The van der Waals surface area contributed by atoms with Crippen LogP contribution in [0.2, 0.25) is 10.0 Å². The average Bonchev–Trinajstić information content (AvgIpc) is 2.31. The zero-order valence-corrected chi connectivity index (χ0v) is 12.4. The Hall–Kier alpha value is -0.680. The number of aliphatic hydroxyl groups is 1. The molecule has 1 N–H and O–H groups in total. The van der Waals surface area contributed by atoms with Crippen molar-refractivity contribution >= 4 is 39.1 Å². The molecule has 1 nitrogen and oxygen atoms in total. The fourth-order valence-corrected chi connectivity index (χ4v) is 2.80. The van der Waals surface area contributed by atoms with Gasteiger partial charge in [0.15, 0.2) is 11.6 Å².